The normalized spacial score (nSPS) is 22.9. The van der Waals surface area contributed by atoms with E-state index < -0.39 is 0 Å². The van der Waals surface area contributed by atoms with Crippen molar-refractivity contribution in [1.82, 2.24) is 15.0 Å². The second-order valence-electron chi connectivity index (χ2n) is 5.29. The first-order valence-electron chi connectivity index (χ1n) is 7.38. The number of rotatable bonds is 4. The summed E-state index contributed by atoms with van der Waals surface area (Å²) in [6.07, 6.45) is 4.60. The van der Waals surface area contributed by atoms with Gasteiger partial charge >= 0.3 is 0 Å². The van der Waals surface area contributed by atoms with Crippen LogP contribution in [0.15, 0.2) is 0 Å². The molecule has 7 heteroatoms. The molecule has 2 N–H and O–H groups in total. The largest absolute Gasteiger partial charge is 0.379 e. The van der Waals surface area contributed by atoms with Crippen LogP contribution < -0.4 is 15.5 Å². The van der Waals surface area contributed by atoms with E-state index in [1.165, 1.54) is 12.8 Å². The fourth-order valence-electron chi connectivity index (χ4n) is 2.64. The van der Waals surface area contributed by atoms with Gasteiger partial charge in [-0.05, 0) is 25.7 Å². The van der Waals surface area contributed by atoms with Gasteiger partial charge < -0.3 is 20.3 Å². The van der Waals surface area contributed by atoms with Gasteiger partial charge in [0.1, 0.15) is 0 Å². The van der Waals surface area contributed by atoms with E-state index in [9.17, 15) is 0 Å². The molecule has 3 heterocycles. The van der Waals surface area contributed by atoms with E-state index in [0.717, 1.165) is 45.1 Å². The Morgan fingerprint density at radius 3 is 2.60 bits per heavy atom. The lowest BCUT2D eigenvalue weighted by atomic mass is 10.1. The molecular weight excluding hydrogens is 256 g/mol. The van der Waals surface area contributed by atoms with E-state index in [1.54, 1.807) is 0 Å². The highest BCUT2D eigenvalue weighted by atomic mass is 16.5. The van der Waals surface area contributed by atoms with Gasteiger partial charge in [0.15, 0.2) is 0 Å². The average Bonchev–Trinajstić information content (AvgIpc) is 3.02. The Labute approximate surface area is 119 Å². The molecule has 0 bridgehead atoms. The molecular formula is C13H22N6O. The van der Waals surface area contributed by atoms with Gasteiger partial charge in [-0.1, -0.05) is 0 Å². The SMILES string of the molecule is CNc1nc(NC2CCCOC2)nc(N2CCCC2)n1. The Hall–Kier alpha value is -1.63. The van der Waals surface area contributed by atoms with Crippen LogP contribution in [0.3, 0.4) is 0 Å². The van der Waals surface area contributed by atoms with Crippen LogP contribution >= 0.6 is 0 Å². The molecule has 1 unspecified atom stereocenters. The molecule has 2 aliphatic heterocycles. The lowest BCUT2D eigenvalue weighted by Gasteiger charge is -2.24. The number of hydrogen-bond donors (Lipinski definition) is 2. The number of aromatic nitrogens is 3. The van der Waals surface area contributed by atoms with Crippen molar-refractivity contribution in [2.24, 2.45) is 0 Å². The van der Waals surface area contributed by atoms with Crippen molar-refractivity contribution in [2.75, 3.05) is 48.9 Å². The Morgan fingerprint density at radius 2 is 1.90 bits per heavy atom. The molecule has 1 aromatic heterocycles. The van der Waals surface area contributed by atoms with Crippen LogP contribution in [-0.2, 0) is 4.74 Å². The second kappa shape index (κ2) is 6.21. The van der Waals surface area contributed by atoms with Gasteiger partial charge in [-0.2, -0.15) is 15.0 Å². The molecule has 2 fully saturated rings. The molecule has 2 saturated heterocycles. The average molecular weight is 278 g/mol. The first kappa shape index (κ1) is 13.4. The van der Waals surface area contributed by atoms with Crippen LogP contribution in [0.1, 0.15) is 25.7 Å². The van der Waals surface area contributed by atoms with Crippen molar-refractivity contribution < 1.29 is 4.74 Å². The first-order valence-corrected chi connectivity index (χ1v) is 7.38. The fourth-order valence-corrected chi connectivity index (χ4v) is 2.64. The molecule has 0 spiro atoms. The van der Waals surface area contributed by atoms with E-state index in [2.05, 4.69) is 30.5 Å². The van der Waals surface area contributed by atoms with Crippen LogP contribution in [0.25, 0.3) is 0 Å². The molecule has 0 aliphatic carbocycles. The monoisotopic (exact) mass is 278 g/mol. The molecule has 0 radical (unpaired) electrons. The third kappa shape index (κ3) is 3.09. The van der Waals surface area contributed by atoms with Gasteiger partial charge in [0, 0.05) is 26.7 Å². The molecule has 2 aliphatic rings. The van der Waals surface area contributed by atoms with Gasteiger partial charge in [0.25, 0.3) is 0 Å². The predicted octanol–water partition coefficient (Wildman–Crippen LogP) is 1.10. The number of anilines is 3. The lowest BCUT2D eigenvalue weighted by molar-refractivity contribution is 0.0874. The van der Waals surface area contributed by atoms with Crippen LogP contribution in [-0.4, -0.2) is 54.3 Å². The number of hydrogen-bond acceptors (Lipinski definition) is 7. The van der Waals surface area contributed by atoms with Crippen molar-refractivity contribution in [3.63, 3.8) is 0 Å². The van der Waals surface area contributed by atoms with Gasteiger partial charge in [-0.25, -0.2) is 0 Å². The van der Waals surface area contributed by atoms with Gasteiger partial charge in [0.05, 0.1) is 12.6 Å². The third-order valence-corrected chi connectivity index (χ3v) is 3.73. The molecule has 1 atom stereocenters. The van der Waals surface area contributed by atoms with E-state index >= 15 is 0 Å². The summed E-state index contributed by atoms with van der Waals surface area (Å²) in [5.74, 6) is 2.02. The van der Waals surface area contributed by atoms with Crippen LogP contribution in [0.2, 0.25) is 0 Å². The molecule has 7 nitrogen and oxygen atoms in total. The topological polar surface area (TPSA) is 75.2 Å². The predicted molar refractivity (Wildman–Crippen MR) is 78.3 cm³/mol. The van der Waals surface area contributed by atoms with Crippen LogP contribution in [0, 0.1) is 0 Å². The minimum Gasteiger partial charge on any atom is -0.379 e. The van der Waals surface area contributed by atoms with Crippen LogP contribution in [0.5, 0.6) is 0 Å². The summed E-state index contributed by atoms with van der Waals surface area (Å²) in [6.45, 7) is 3.63. The maximum atomic E-state index is 5.48. The highest BCUT2D eigenvalue weighted by molar-refractivity contribution is 5.44. The van der Waals surface area contributed by atoms with E-state index in [1.807, 2.05) is 7.05 Å². The molecule has 110 valence electrons. The zero-order valence-corrected chi connectivity index (χ0v) is 11.9. The minimum absolute atomic E-state index is 0.294. The standard InChI is InChI=1S/C13H22N6O/c1-14-11-16-12(15-10-5-4-8-20-9-10)18-13(17-11)19-6-2-3-7-19/h10H,2-9H2,1H3,(H2,14,15,16,17,18). The number of nitrogens with one attached hydrogen (secondary N) is 2. The smallest absolute Gasteiger partial charge is 0.231 e. The summed E-state index contributed by atoms with van der Waals surface area (Å²) in [5.41, 5.74) is 0. The summed E-state index contributed by atoms with van der Waals surface area (Å²) < 4.78 is 5.48. The number of nitrogens with zero attached hydrogens (tertiary/aromatic N) is 4. The Balaban J connectivity index is 1.76. The van der Waals surface area contributed by atoms with Crippen molar-refractivity contribution >= 4 is 17.8 Å². The fraction of sp³-hybridized carbons (Fsp3) is 0.769. The summed E-state index contributed by atoms with van der Waals surface area (Å²) in [5, 5.41) is 6.37. The van der Waals surface area contributed by atoms with Crippen LogP contribution in [0.4, 0.5) is 17.8 Å². The Kier molecular flexibility index (Phi) is 4.15. The number of ether oxygens (including phenoxy) is 1. The van der Waals surface area contributed by atoms with Crippen molar-refractivity contribution in [3.8, 4) is 0 Å². The zero-order valence-electron chi connectivity index (χ0n) is 11.9. The summed E-state index contributed by atoms with van der Waals surface area (Å²) in [7, 11) is 1.83. The van der Waals surface area contributed by atoms with E-state index in [-0.39, 0.29) is 0 Å². The van der Waals surface area contributed by atoms with Crippen molar-refractivity contribution in [1.29, 1.82) is 0 Å². The summed E-state index contributed by atoms with van der Waals surface area (Å²) in [6, 6.07) is 0.294. The molecule has 3 rings (SSSR count). The highest BCUT2D eigenvalue weighted by Gasteiger charge is 2.19. The molecule has 0 amide bonds. The van der Waals surface area contributed by atoms with Crippen molar-refractivity contribution in [2.45, 2.75) is 31.7 Å². The second-order valence-corrected chi connectivity index (χ2v) is 5.29. The maximum absolute atomic E-state index is 5.48. The minimum atomic E-state index is 0.294. The quantitative estimate of drug-likeness (QED) is 0.854. The lowest BCUT2D eigenvalue weighted by Crippen LogP contribution is -2.31. The molecule has 0 aromatic carbocycles. The molecule has 0 saturated carbocycles. The van der Waals surface area contributed by atoms with Gasteiger partial charge in [-0.3, -0.25) is 0 Å². The van der Waals surface area contributed by atoms with Gasteiger partial charge in [-0.15, -0.1) is 0 Å². The molecule has 20 heavy (non-hydrogen) atoms. The van der Waals surface area contributed by atoms with E-state index in [4.69, 9.17) is 4.74 Å². The third-order valence-electron chi connectivity index (χ3n) is 3.73. The zero-order chi connectivity index (χ0) is 13.8. The molecule has 1 aromatic rings. The van der Waals surface area contributed by atoms with Crippen molar-refractivity contribution in [3.05, 3.63) is 0 Å². The summed E-state index contributed by atoms with van der Waals surface area (Å²) in [4.78, 5) is 15.6. The first-order chi connectivity index (χ1) is 9.85. The van der Waals surface area contributed by atoms with E-state index in [0.29, 0.717) is 17.9 Å². The Morgan fingerprint density at radius 1 is 1.10 bits per heavy atom. The maximum Gasteiger partial charge on any atom is 0.231 e. The van der Waals surface area contributed by atoms with Gasteiger partial charge in [0.2, 0.25) is 17.8 Å². The highest BCUT2D eigenvalue weighted by Crippen LogP contribution is 2.19. The Bertz CT molecular complexity index is 442. The summed E-state index contributed by atoms with van der Waals surface area (Å²) >= 11 is 0.